The van der Waals surface area contributed by atoms with Gasteiger partial charge in [-0.25, -0.2) is 0 Å². The number of carbonyl (C=O) groups is 2. The van der Waals surface area contributed by atoms with Crippen LogP contribution in [0, 0.1) is 23.2 Å². The molecule has 4 unspecified atom stereocenters. The largest absolute Gasteiger partial charge is 0.469 e. The third kappa shape index (κ3) is 3.07. The molecular formula is C21H19NO5. The fourth-order valence-corrected chi connectivity index (χ4v) is 3.62. The van der Waals surface area contributed by atoms with Crippen molar-refractivity contribution in [2.24, 2.45) is 11.8 Å². The number of nitriles is 1. The first-order valence-corrected chi connectivity index (χ1v) is 8.44. The molecule has 1 heterocycles. The summed E-state index contributed by atoms with van der Waals surface area (Å²) in [5, 5.41) is 10.1. The molecule has 6 heteroatoms. The third-order valence-electron chi connectivity index (χ3n) is 4.86. The van der Waals surface area contributed by atoms with E-state index >= 15 is 0 Å². The zero-order chi connectivity index (χ0) is 19.4. The highest BCUT2D eigenvalue weighted by Crippen LogP contribution is 2.53. The van der Waals surface area contributed by atoms with E-state index in [1.807, 2.05) is 6.07 Å². The molecule has 2 aromatic rings. The monoisotopic (exact) mass is 365 g/mol. The van der Waals surface area contributed by atoms with E-state index in [0.29, 0.717) is 11.1 Å². The maximum atomic E-state index is 12.7. The number of hydrogen-bond donors (Lipinski definition) is 0. The molecule has 3 rings (SSSR count). The van der Waals surface area contributed by atoms with Crippen LogP contribution >= 0.6 is 0 Å². The Hall–Kier alpha value is -3.17. The molecule has 138 valence electrons. The number of benzene rings is 2. The summed E-state index contributed by atoms with van der Waals surface area (Å²) in [5.41, 5.74) is -0.515. The van der Waals surface area contributed by atoms with Crippen LogP contribution in [-0.2, 0) is 29.4 Å². The fourth-order valence-electron chi connectivity index (χ4n) is 3.62. The molecule has 0 aromatic heterocycles. The second-order valence-electron chi connectivity index (χ2n) is 6.21. The van der Waals surface area contributed by atoms with Gasteiger partial charge in [-0.3, -0.25) is 9.59 Å². The lowest BCUT2D eigenvalue weighted by Crippen LogP contribution is -2.41. The Labute approximate surface area is 157 Å². The van der Waals surface area contributed by atoms with Gasteiger partial charge in [-0.1, -0.05) is 60.7 Å². The minimum absolute atomic E-state index is 0.482. The molecule has 0 amide bonds. The van der Waals surface area contributed by atoms with Crippen LogP contribution in [0.15, 0.2) is 60.7 Å². The van der Waals surface area contributed by atoms with Gasteiger partial charge in [0.1, 0.15) is 17.9 Å². The summed E-state index contributed by atoms with van der Waals surface area (Å²) < 4.78 is 16.1. The van der Waals surface area contributed by atoms with Crippen molar-refractivity contribution >= 4 is 11.9 Å². The summed E-state index contributed by atoms with van der Waals surface area (Å²) in [6.07, 6.45) is -0.831. The van der Waals surface area contributed by atoms with Crippen LogP contribution in [-0.4, -0.2) is 26.2 Å². The summed E-state index contributed by atoms with van der Waals surface area (Å²) in [7, 11) is 2.47. The molecule has 0 N–H and O–H groups in total. The minimum atomic E-state index is -1.67. The van der Waals surface area contributed by atoms with E-state index in [1.54, 1.807) is 54.6 Å². The summed E-state index contributed by atoms with van der Waals surface area (Å²) in [4.78, 5) is 25.4. The Kier molecular flexibility index (Phi) is 5.24. The zero-order valence-electron chi connectivity index (χ0n) is 15.0. The van der Waals surface area contributed by atoms with Crippen LogP contribution in [0.2, 0.25) is 0 Å². The molecule has 27 heavy (non-hydrogen) atoms. The number of methoxy groups -OCH3 is 2. The van der Waals surface area contributed by atoms with Crippen LogP contribution < -0.4 is 0 Å². The van der Waals surface area contributed by atoms with Crippen LogP contribution in [0.5, 0.6) is 0 Å². The van der Waals surface area contributed by atoms with Gasteiger partial charge >= 0.3 is 11.9 Å². The highest BCUT2D eigenvalue weighted by molar-refractivity contribution is 5.85. The molecule has 6 nitrogen and oxygen atoms in total. The molecule has 0 radical (unpaired) electrons. The van der Waals surface area contributed by atoms with E-state index in [2.05, 4.69) is 6.07 Å². The number of esters is 2. The standard InChI is InChI=1S/C21H19NO5/c1-25-19(23)16-17(20(24)26-2)21(13-22,15-11-7-4-8-12-15)27-18(16)14-9-5-3-6-10-14/h3-12,16-18H,1-2H3. The van der Waals surface area contributed by atoms with Crippen LogP contribution in [0.25, 0.3) is 0 Å². The normalized spacial score (nSPS) is 26.8. The molecule has 0 spiro atoms. The van der Waals surface area contributed by atoms with E-state index in [0.717, 1.165) is 0 Å². The van der Waals surface area contributed by atoms with Crippen LogP contribution in [0.1, 0.15) is 17.2 Å². The van der Waals surface area contributed by atoms with E-state index in [4.69, 9.17) is 14.2 Å². The van der Waals surface area contributed by atoms with Gasteiger partial charge < -0.3 is 14.2 Å². The number of rotatable bonds is 4. The maximum Gasteiger partial charge on any atom is 0.314 e. The van der Waals surface area contributed by atoms with E-state index < -0.39 is 35.5 Å². The Morgan fingerprint density at radius 2 is 1.52 bits per heavy atom. The van der Waals surface area contributed by atoms with Gasteiger partial charge in [0.15, 0.2) is 5.60 Å². The lowest BCUT2D eigenvalue weighted by molar-refractivity contribution is -0.158. The van der Waals surface area contributed by atoms with Crippen LogP contribution in [0.4, 0.5) is 0 Å². The highest BCUT2D eigenvalue weighted by atomic mass is 16.6. The average Bonchev–Trinajstić information content (AvgIpc) is 3.10. The molecule has 0 aliphatic carbocycles. The minimum Gasteiger partial charge on any atom is -0.469 e. The van der Waals surface area contributed by atoms with Gasteiger partial charge in [0.05, 0.1) is 20.3 Å². The predicted octanol–water partition coefficient (Wildman–Crippen LogP) is 2.76. The molecule has 1 saturated heterocycles. The molecule has 0 bridgehead atoms. The van der Waals surface area contributed by atoms with Crippen molar-refractivity contribution in [1.29, 1.82) is 5.26 Å². The van der Waals surface area contributed by atoms with Gasteiger partial charge in [-0.05, 0) is 11.1 Å². The predicted molar refractivity (Wildman–Crippen MR) is 95.0 cm³/mol. The molecule has 2 aromatic carbocycles. The molecule has 1 aliphatic heterocycles. The second kappa shape index (κ2) is 7.60. The van der Waals surface area contributed by atoms with Crippen molar-refractivity contribution < 1.29 is 23.8 Å². The first-order valence-electron chi connectivity index (χ1n) is 8.44. The van der Waals surface area contributed by atoms with Gasteiger partial charge in [0, 0.05) is 0 Å². The topological polar surface area (TPSA) is 85.6 Å². The second-order valence-corrected chi connectivity index (χ2v) is 6.21. The molecular weight excluding hydrogens is 346 g/mol. The smallest absolute Gasteiger partial charge is 0.314 e. The van der Waals surface area contributed by atoms with Crippen molar-refractivity contribution in [3.05, 3.63) is 71.8 Å². The molecule has 0 saturated carbocycles. The SMILES string of the molecule is COC(=O)C1C(c2ccccc2)OC(C#N)(c2ccccc2)C1C(=O)OC. The van der Waals surface area contributed by atoms with E-state index in [-0.39, 0.29) is 0 Å². The maximum absolute atomic E-state index is 12.7. The van der Waals surface area contributed by atoms with E-state index in [9.17, 15) is 14.9 Å². The Bertz CT molecular complexity index is 861. The Balaban J connectivity index is 2.23. The van der Waals surface area contributed by atoms with Crippen molar-refractivity contribution in [2.75, 3.05) is 14.2 Å². The van der Waals surface area contributed by atoms with Gasteiger partial charge in [0.25, 0.3) is 0 Å². The number of hydrogen-bond acceptors (Lipinski definition) is 6. The summed E-state index contributed by atoms with van der Waals surface area (Å²) in [5.74, 6) is -3.53. The number of nitrogens with zero attached hydrogens (tertiary/aromatic N) is 1. The quantitative estimate of drug-likeness (QED) is 0.775. The lowest BCUT2D eigenvalue weighted by Gasteiger charge is -2.27. The lowest BCUT2D eigenvalue weighted by atomic mass is 9.75. The Morgan fingerprint density at radius 3 is 2.04 bits per heavy atom. The van der Waals surface area contributed by atoms with Gasteiger partial charge in [-0.15, -0.1) is 0 Å². The first kappa shape index (κ1) is 18.6. The van der Waals surface area contributed by atoms with E-state index in [1.165, 1.54) is 14.2 Å². The van der Waals surface area contributed by atoms with Crippen molar-refractivity contribution in [3.8, 4) is 6.07 Å². The third-order valence-corrected chi connectivity index (χ3v) is 4.86. The summed E-state index contributed by atoms with van der Waals surface area (Å²) >= 11 is 0. The van der Waals surface area contributed by atoms with Crippen molar-refractivity contribution in [2.45, 2.75) is 11.7 Å². The van der Waals surface area contributed by atoms with Gasteiger partial charge in [-0.2, -0.15) is 5.26 Å². The molecule has 1 fully saturated rings. The molecule has 1 aliphatic rings. The summed E-state index contributed by atoms with van der Waals surface area (Å²) in [6, 6.07) is 19.8. The summed E-state index contributed by atoms with van der Waals surface area (Å²) in [6.45, 7) is 0. The molecule has 4 atom stereocenters. The number of ether oxygens (including phenoxy) is 3. The first-order chi connectivity index (χ1) is 13.1. The fraction of sp³-hybridized carbons (Fsp3) is 0.286. The number of carbonyl (C=O) groups excluding carboxylic acids is 2. The zero-order valence-corrected chi connectivity index (χ0v) is 15.0. The van der Waals surface area contributed by atoms with Gasteiger partial charge in [0.2, 0.25) is 0 Å². The highest BCUT2D eigenvalue weighted by Gasteiger charge is 2.63. The average molecular weight is 365 g/mol. The van der Waals surface area contributed by atoms with Crippen LogP contribution in [0.3, 0.4) is 0 Å². The van der Waals surface area contributed by atoms with Crippen molar-refractivity contribution in [1.82, 2.24) is 0 Å². The van der Waals surface area contributed by atoms with Crippen molar-refractivity contribution in [3.63, 3.8) is 0 Å². The Morgan fingerprint density at radius 1 is 0.963 bits per heavy atom.